The van der Waals surface area contributed by atoms with Gasteiger partial charge in [0.15, 0.2) is 0 Å². The number of carbonyl (C=O) groups is 1. The van der Waals surface area contributed by atoms with E-state index in [-0.39, 0.29) is 11.8 Å². The molecule has 0 aromatic heterocycles. The van der Waals surface area contributed by atoms with Gasteiger partial charge in [0.2, 0.25) is 5.91 Å². The van der Waals surface area contributed by atoms with Gasteiger partial charge in [-0.25, -0.2) is 0 Å². The zero-order valence-corrected chi connectivity index (χ0v) is 10.6. The molecule has 98 valence electrons. The molecule has 2 fully saturated rings. The van der Waals surface area contributed by atoms with Crippen LogP contribution in [0.15, 0.2) is 0 Å². The topological polar surface area (TPSA) is 47.6 Å². The molecule has 3 atom stereocenters. The van der Waals surface area contributed by atoms with E-state index in [4.69, 9.17) is 9.47 Å². The average Bonchev–Trinajstić information content (AvgIpc) is 2.84. The van der Waals surface area contributed by atoms with Crippen molar-refractivity contribution < 1.29 is 14.3 Å². The first kappa shape index (κ1) is 12.8. The van der Waals surface area contributed by atoms with Gasteiger partial charge in [0.1, 0.15) is 0 Å². The Kier molecular flexibility index (Phi) is 4.80. The maximum Gasteiger partial charge on any atom is 0.223 e. The van der Waals surface area contributed by atoms with Crippen molar-refractivity contribution in [3.05, 3.63) is 0 Å². The van der Waals surface area contributed by atoms with E-state index in [1.54, 1.807) is 0 Å². The minimum Gasteiger partial charge on any atom is -0.379 e. The van der Waals surface area contributed by atoms with Crippen LogP contribution in [0, 0.1) is 11.8 Å². The van der Waals surface area contributed by atoms with E-state index in [1.807, 2.05) is 0 Å². The van der Waals surface area contributed by atoms with Gasteiger partial charge in [-0.2, -0.15) is 0 Å². The fourth-order valence-electron chi connectivity index (χ4n) is 2.19. The van der Waals surface area contributed by atoms with Crippen LogP contribution >= 0.6 is 0 Å². The summed E-state index contributed by atoms with van der Waals surface area (Å²) >= 11 is 0. The van der Waals surface area contributed by atoms with Crippen LogP contribution in [0.5, 0.6) is 0 Å². The van der Waals surface area contributed by atoms with Gasteiger partial charge in [-0.3, -0.25) is 4.79 Å². The largest absolute Gasteiger partial charge is 0.379 e. The third kappa shape index (κ3) is 4.28. The number of rotatable bonds is 7. The van der Waals surface area contributed by atoms with Crippen LogP contribution in [0.1, 0.15) is 32.6 Å². The van der Waals surface area contributed by atoms with E-state index in [1.165, 1.54) is 0 Å². The molecule has 4 nitrogen and oxygen atoms in total. The summed E-state index contributed by atoms with van der Waals surface area (Å²) in [6.45, 7) is 5.14. The number of hydrogen-bond acceptors (Lipinski definition) is 3. The van der Waals surface area contributed by atoms with Crippen molar-refractivity contribution in [3.8, 4) is 0 Å². The Morgan fingerprint density at radius 1 is 1.53 bits per heavy atom. The molecular formula is C13H23NO3. The lowest BCUT2D eigenvalue weighted by atomic mass is 10.2. The molecule has 0 radical (unpaired) electrons. The standard InChI is InChI=1S/C13H23NO3/c1-10-8-12(10)13(15)14-5-3-6-16-9-11-4-2-7-17-11/h10-12H,2-9H2,1H3,(H,14,15). The maximum atomic E-state index is 11.5. The molecule has 0 aromatic rings. The predicted molar refractivity (Wildman–Crippen MR) is 64.7 cm³/mol. The van der Waals surface area contributed by atoms with Crippen LogP contribution in [0.3, 0.4) is 0 Å². The van der Waals surface area contributed by atoms with Crippen molar-refractivity contribution in [2.24, 2.45) is 11.8 Å². The summed E-state index contributed by atoms with van der Waals surface area (Å²) in [5.41, 5.74) is 0. The molecule has 0 aromatic carbocycles. The van der Waals surface area contributed by atoms with Crippen LogP contribution in [-0.2, 0) is 14.3 Å². The first-order valence-corrected chi connectivity index (χ1v) is 6.74. The highest BCUT2D eigenvalue weighted by Gasteiger charge is 2.38. The quantitative estimate of drug-likeness (QED) is 0.684. The highest BCUT2D eigenvalue weighted by atomic mass is 16.5. The van der Waals surface area contributed by atoms with Gasteiger partial charge >= 0.3 is 0 Å². The van der Waals surface area contributed by atoms with E-state index in [2.05, 4.69) is 12.2 Å². The molecule has 1 saturated heterocycles. The Bertz CT molecular complexity index is 251. The van der Waals surface area contributed by atoms with Crippen molar-refractivity contribution in [2.45, 2.75) is 38.7 Å². The van der Waals surface area contributed by atoms with Gasteiger partial charge in [-0.15, -0.1) is 0 Å². The zero-order chi connectivity index (χ0) is 12.1. The van der Waals surface area contributed by atoms with Gasteiger partial charge in [0.25, 0.3) is 0 Å². The minimum atomic E-state index is 0.219. The summed E-state index contributed by atoms with van der Waals surface area (Å²) in [4.78, 5) is 11.5. The molecule has 0 spiro atoms. The minimum absolute atomic E-state index is 0.219. The molecule has 3 unspecified atom stereocenters. The highest BCUT2D eigenvalue weighted by molar-refractivity contribution is 5.81. The molecule has 1 aliphatic heterocycles. The van der Waals surface area contributed by atoms with Crippen molar-refractivity contribution in [1.82, 2.24) is 5.32 Å². The fraction of sp³-hybridized carbons (Fsp3) is 0.923. The lowest BCUT2D eigenvalue weighted by Gasteiger charge is -2.10. The van der Waals surface area contributed by atoms with E-state index in [0.29, 0.717) is 25.2 Å². The summed E-state index contributed by atoms with van der Waals surface area (Å²) in [6.07, 6.45) is 4.53. The number of hydrogen-bond donors (Lipinski definition) is 1. The Morgan fingerprint density at radius 2 is 2.35 bits per heavy atom. The molecular weight excluding hydrogens is 218 g/mol. The molecule has 1 aliphatic carbocycles. The van der Waals surface area contributed by atoms with Crippen molar-refractivity contribution in [2.75, 3.05) is 26.4 Å². The van der Waals surface area contributed by atoms with E-state index in [9.17, 15) is 4.79 Å². The summed E-state index contributed by atoms with van der Waals surface area (Å²) in [5.74, 6) is 1.09. The molecule has 17 heavy (non-hydrogen) atoms. The Morgan fingerprint density at radius 3 is 3.00 bits per heavy atom. The van der Waals surface area contributed by atoms with Gasteiger partial charge in [-0.05, 0) is 31.6 Å². The molecule has 4 heteroatoms. The van der Waals surface area contributed by atoms with E-state index < -0.39 is 0 Å². The zero-order valence-electron chi connectivity index (χ0n) is 10.6. The average molecular weight is 241 g/mol. The molecule has 0 bridgehead atoms. The number of nitrogens with one attached hydrogen (secondary N) is 1. The summed E-state index contributed by atoms with van der Waals surface area (Å²) in [6, 6.07) is 0. The molecule has 2 aliphatic rings. The third-order valence-corrected chi connectivity index (χ3v) is 3.54. The number of carbonyl (C=O) groups excluding carboxylic acids is 1. The molecule has 2 rings (SSSR count). The second-order valence-corrected chi connectivity index (χ2v) is 5.17. The Hall–Kier alpha value is -0.610. The van der Waals surface area contributed by atoms with Crippen LogP contribution in [-0.4, -0.2) is 38.4 Å². The van der Waals surface area contributed by atoms with Gasteiger partial charge in [0, 0.05) is 25.7 Å². The smallest absolute Gasteiger partial charge is 0.223 e. The molecule has 1 N–H and O–H groups in total. The van der Waals surface area contributed by atoms with Gasteiger partial charge < -0.3 is 14.8 Å². The second-order valence-electron chi connectivity index (χ2n) is 5.17. The van der Waals surface area contributed by atoms with Gasteiger partial charge in [-0.1, -0.05) is 6.92 Å². The Labute approximate surface area is 103 Å². The van der Waals surface area contributed by atoms with E-state index in [0.717, 1.165) is 38.8 Å². The monoisotopic (exact) mass is 241 g/mol. The molecule has 1 amide bonds. The fourth-order valence-corrected chi connectivity index (χ4v) is 2.19. The van der Waals surface area contributed by atoms with Crippen LogP contribution in [0.4, 0.5) is 0 Å². The number of ether oxygens (including phenoxy) is 2. The lowest BCUT2D eigenvalue weighted by molar-refractivity contribution is -0.122. The summed E-state index contributed by atoms with van der Waals surface area (Å²) in [7, 11) is 0. The van der Waals surface area contributed by atoms with Crippen LogP contribution in [0.2, 0.25) is 0 Å². The molecule has 1 saturated carbocycles. The summed E-state index contributed by atoms with van der Waals surface area (Å²) in [5, 5.41) is 2.95. The van der Waals surface area contributed by atoms with Gasteiger partial charge in [0.05, 0.1) is 12.7 Å². The van der Waals surface area contributed by atoms with Crippen LogP contribution in [0.25, 0.3) is 0 Å². The maximum absolute atomic E-state index is 11.5. The van der Waals surface area contributed by atoms with Crippen molar-refractivity contribution >= 4 is 5.91 Å². The highest BCUT2D eigenvalue weighted by Crippen LogP contribution is 2.37. The first-order valence-electron chi connectivity index (χ1n) is 6.74. The van der Waals surface area contributed by atoms with Crippen molar-refractivity contribution in [3.63, 3.8) is 0 Å². The molecule has 1 heterocycles. The van der Waals surface area contributed by atoms with E-state index >= 15 is 0 Å². The second kappa shape index (κ2) is 6.36. The number of amides is 1. The normalized spacial score (nSPS) is 31.5. The lowest BCUT2D eigenvalue weighted by Crippen LogP contribution is -2.27. The SMILES string of the molecule is CC1CC1C(=O)NCCCOCC1CCCO1. The first-order chi connectivity index (χ1) is 8.27. The van der Waals surface area contributed by atoms with Crippen LogP contribution < -0.4 is 5.32 Å². The Balaban J connectivity index is 1.40. The summed E-state index contributed by atoms with van der Waals surface area (Å²) < 4.78 is 11.0. The predicted octanol–water partition coefficient (Wildman–Crippen LogP) is 1.34. The third-order valence-electron chi connectivity index (χ3n) is 3.54. The van der Waals surface area contributed by atoms with Crippen molar-refractivity contribution in [1.29, 1.82) is 0 Å².